The van der Waals surface area contributed by atoms with Crippen molar-refractivity contribution in [3.05, 3.63) is 70.9 Å². The molecule has 4 N–H and O–H groups in total. The monoisotopic (exact) mass is 574 g/mol. The molecule has 0 saturated heterocycles. The van der Waals surface area contributed by atoms with Gasteiger partial charge in [-0.3, -0.25) is 4.79 Å². The largest absolute Gasteiger partial charge is 0.493 e. The quantitative estimate of drug-likeness (QED) is 0.295. The van der Waals surface area contributed by atoms with E-state index in [0.29, 0.717) is 5.56 Å². The minimum Gasteiger partial charge on any atom is -0.493 e. The van der Waals surface area contributed by atoms with Crippen molar-refractivity contribution in [3.63, 3.8) is 0 Å². The number of benzene rings is 2. The van der Waals surface area contributed by atoms with E-state index in [1.54, 1.807) is 31.2 Å². The molecule has 8 nitrogen and oxygen atoms in total. The number of rotatable bonds is 10. The normalized spacial score (nSPS) is 18.7. The lowest BCUT2D eigenvalue weighted by Gasteiger charge is -2.31. The lowest BCUT2D eigenvalue weighted by Crippen LogP contribution is -2.44. The van der Waals surface area contributed by atoms with Crippen molar-refractivity contribution in [1.29, 1.82) is 0 Å². The van der Waals surface area contributed by atoms with Gasteiger partial charge in [0.1, 0.15) is 18.9 Å². The summed E-state index contributed by atoms with van der Waals surface area (Å²) < 4.78 is 60.2. The fourth-order valence-corrected chi connectivity index (χ4v) is 4.55. The van der Waals surface area contributed by atoms with Crippen molar-refractivity contribution >= 4 is 5.78 Å². The van der Waals surface area contributed by atoms with Crippen LogP contribution in [0.25, 0.3) is 11.3 Å². The number of alkyl halides is 3. The number of aliphatic hydroxyl groups is 2. The smallest absolute Gasteiger partial charge is 0.422 e. The van der Waals surface area contributed by atoms with Gasteiger partial charge in [-0.2, -0.15) is 13.2 Å². The minimum atomic E-state index is -5.17. The molecule has 0 fully saturated rings. The molecule has 11 heteroatoms. The number of nitrogens with two attached hydrogens (primary N) is 1. The Morgan fingerprint density at radius 1 is 1.17 bits per heavy atom. The summed E-state index contributed by atoms with van der Waals surface area (Å²) in [6, 6.07) is 12.3. The molecule has 0 saturated carbocycles. The molecular weight excluding hydrogens is 541 g/mol. The first-order valence-electron chi connectivity index (χ1n) is 13.0. The summed E-state index contributed by atoms with van der Waals surface area (Å²) in [6.07, 6.45) is -7.55. The van der Waals surface area contributed by atoms with E-state index in [9.17, 15) is 28.2 Å². The first kappa shape index (κ1) is 30.3. The van der Waals surface area contributed by atoms with Crippen LogP contribution in [0.2, 0.25) is 0 Å². The SMILES string of the molecule is COc1cc(C(=O)CC[C@](O)(c2cc3c(c(-c4ccc(C)cc4)n2)OC[C@]3(C)N)C(F)(F)F)ccc1OC[C@H](C)O. The molecule has 41 heavy (non-hydrogen) atoms. The van der Waals surface area contributed by atoms with Gasteiger partial charge < -0.3 is 30.2 Å². The lowest BCUT2D eigenvalue weighted by atomic mass is 9.86. The van der Waals surface area contributed by atoms with Crippen molar-refractivity contribution in [2.24, 2.45) is 5.73 Å². The molecule has 1 aliphatic rings. The number of aliphatic hydroxyl groups excluding tert-OH is 1. The van der Waals surface area contributed by atoms with Gasteiger partial charge in [0.05, 0.1) is 24.4 Å². The van der Waals surface area contributed by atoms with Crippen molar-refractivity contribution in [2.45, 2.75) is 57.0 Å². The predicted molar refractivity (Wildman–Crippen MR) is 145 cm³/mol. The number of pyridine rings is 1. The average Bonchev–Trinajstić information content (AvgIpc) is 3.23. The van der Waals surface area contributed by atoms with E-state index in [2.05, 4.69) is 4.98 Å². The van der Waals surface area contributed by atoms with Gasteiger partial charge in [-0.25, -0.2) is 4.98 Å². The topological polar surface area (TPSA) is 124 Å². The summed E-state index contributed by atoms with van der Waals surface area (Å²) in [5.74, 6) is 0.0378. The molecule has 220 valence electrons. The van der Waals surface area contributed by atoms with Crippen LogP contribution in [0.1, 0.15) is 53.9 Å². The highest BCUT2D eigenvalue weighted by atomic mass is 19.4. The minimum absolute atomic E-state index is 0.0203. The molecule has 1 aromatic heterocycles. The molecule has 0 amide bonds. The molecule has 0 unspecified atom stereocenters. The Balaban J connectivity index is 1.70. The number of Topliss-reactive ketones (excluding diaryl/α,β-unsaturated/α-hetero) is 1. The number of hydrogen-bond acceptors (Lipinski definition) is 8. The number of carbonyl (C=O) groups excluding carboxylic acids is 1. The van der Waals surface area contributed by atoms with E-state index in [4.69, 9.17) is 19.9 Å². The maximum absolute atomic E-state index is 14.6. The van der Waals surface area contributed by atoms with Crippen molar-refractivity contribution in [2.75, 3.05) is 20.3 Å². The zero-order valence-corrected chi connectivity index (χ0v) is 23.2. The second-order valence-electron chi connectivity index (χ2n) is 10.6. The van der Waals surface area contributed by atoms with Crippen LogP contribution in [-0.2, 0) is 11.1 Å². The van der Waals surface area contributed by atoms with Crippen molar-refractivity contribution < 1.29 is 42.4 Å². The highest BCUT2D eigenvalue weighted by Crippen LogP contribution is 2.48. The predicted octanol–water partition coefficient (Wildman–Crippen LogP) is 4.80. The van der Waals surface area contributed by atoms with Crippen LogP contribution >= 0.6 is 0 Å². The molecule has 2 heterocycles. The second kappa shape index (κ2) is 11.3. The van der Waals surface area contributed by atoms with Crippen LogP contribution in [0.4, 0.5) is 13.2 Å². The van der Waals surface area contributed by atoms with Gasteiger partial charge >= 0.3 is 6.18 Å². The van der Waals surface area contributed by atoms with Gasteiger partial charge in [-0.05, 0) is 51.5 Å². The van der Waals surface area contributed by atoms with Gasteiger partial charge in [-0.15, -0.1) is 0 Å². The molecule has 0 spiro atoms. The lowest BCUT2D eigenvalue weighted by molar-refractivity contribution is -0.270. The van der Waals surface area contributed by atoms with Crippen LogP contribution in [0.15, 0.2) is 48.5 Å². The Labute approximate surface area is 235 Å². The molecule has 2 aromatic carbocycles. The number of aryl methyl sites for hydroxylation is 1. The van der Waals surface area contributed by atoms with Crippen molar-refractivity contribution in [1.82, 2.24) is 4.98 Å². The average molecular weight is 575 g/mol. The van der Waals surface area contributed by atoms with E-state index < -0.39 is 47.7 Å². The first-order valence-corrected chi connectivity index (χ1v) is 13.0. The number of fused-ring (bicyclic) bond motifs is 1. The summed E-state index contributed by atoms with van der Waals surface area (Å²) in [5, 5.41) is 20.7. The van der Waals surface area contributed by atoms with Gasteiger partial charge in [0.2, 0.25) is 5.60 Å². The zero-order chi connectivity index (χ0) is 30.2. The molecule has 0 aliphatic carbocycles. The summed E-state index contributed by atoms with van der Waals surface area (Å²) in [5.41, 5.74) is 3.01. The molecule has 3 aromatic rings. The Morgan fingerprint density at radius 3 is 2.46 bits per heavy atom. The Bertz CT molecular complexity index is 1420. The standard InChI is InChI=1S/C30H33F3N2O6/c1-17-5-7-19(8-6-17)26-27-21(28(3,34)16-41-27)14-25(35-26)29(38,30(31,32)33)12-11-22(37)20-9-10-23(24(13-20)39-4)40-15-18(2)36/h5-10,13-14,18,36,38H,11-12,15-16,34H2,1-4H3/t18-,28-,29-/m0/s1. The van der Waals surface area contributed by atoms with Crippen molar-refractivity contribution in [3.8, 4) is 28.5 Å². The first-order chi connectivity index (χ1) is 19.2. The van der Waals surface area contributed by atoms with Gasteiger partial charge in [0.25, 0.3) is 0 Å². The fraction of sp³-hybridized carbons (Fsp3) is 0.400. The Morgan fingerprint density at radius 2 is 1.85 bits per heavy atom. The van der Waals surface area contributed by atoms with E-state index in [-0.39, 0.29) is 47.3 Å². The summed E-state index contributed by atoms with van der Waals surface area (Å²) in [4.78, 5) is 17.3. The molecule has 3 atom stereocenters. The fourth-order valence-electron chi connectivity index (χ4n) is 4.55. The highest BCUT2D eigenvalue weighted by Gasteiger charge is 2.56. The maximum atomic E-state index is 14.6. The number of nitrogens with zero attached hydrogens (tertiary/aromatic N) is 1. The number of aromatic nitrogens is 1. The van der Waals surface area contributed by atoms with E-state index >= 15 is 0 Å². The van der Waals surface area contributed by atoms with Crippen LogP contribution in [0.3, 0.4) is 0 Å². The van der Waals surface area contributed by atoms with Crippen LogP contribution < -0.4 is 19.9 Å². The third-order valence-electron chi connectivity index (χ3n) is 7.00. The van der Waals surface area contributed by atoms with Gasteiger partial charge in [0, 0.05) is 23.1 Å². The zero-order valence-electron chi connectivity index (χ0n) is 23.2. The number of ketones is 1. The molecule has 0 radical (unpaired) electrons. The summed E-state index contributed by atoms with van der Waals surface area (Å²) in [6.45, 7) is 5.03. The number of hydrogen-bond donors (Lipinski definition) is 3. The molecular formula is C30H33F3N2O6. The number of carbonyl (C=O) groups is 1. The number of ether oxygens (including phenoxy) is 3. The Hall–Kier alpha value is -3.67. The van der Waals surface area contributed by atoms with Gasteiger partial charge in [0.15, 0.2) is 23.0 Å². The van der Waals surface area contributed by atoms with Crippen LogP contribution in [0, 0.1) is 6.92 Å². The molecule has 4 rings (SSSR count). The van der Waals surface area contributed by atoms with Crippen LogP contribution in [0.5, 0.6) is 17.2 Å². The summed E-state index contributed by atoms with van der Waals surface area (Å²) >= 11 is 0. The summed E-state index contributed by atoms with van der Waals surface area (Å²) in [7, 11) is 1.35. The Kier molecular flexibility index (Phi) is 8.35. The highest BCUT2D eigenvalue weighted by molar-refractivity contribution is 5.96. The third kappa shape index (κ3) is 6.17. The third-order valence-corrected chi connectivity index (χ3v) is 7.00. The maximum Gasteiger partial charge on any atom is 0.422 e. The van der Waals surface area contributed by atoms with Gasteiger partial charge in [-0.1, -0.05) is 29.8 Å². The van der Waals surface area contributed by atoms with E-state index in [0.717, 1.165) is 11.6 Å². The van der Waals surface area contributed by atoms with E-state index in [1.165, 1.54) is 32.2 Å². The van der Waals surface area contributed by atoms with Crippen LogP contribution in [-0.4, -0.2) is 53.6 Å². The molecule has 1 aliphatic heterocycles. The molecule has 0 bridgehead atoms. The number of halogens is 3. The van der Waals surface area contributed by atoms with E-state index in [1.807, 2.05) is 6.92 Å². The second-order valence-corrected chi connectivity index (χ2v) is 10.6. The number of methoxy groups -OCH3 is 1.